The van der Waals surface area contributed by atoms with E-state index in [1.54, 1.807) is 24.3 Å². The molecule has 0 radical (unpaired) electrons. The number of ketones is 1. The van der Waals surface area contributed by atoms with Gasteiger partial charge in [-0.15, -0.1) is 0 Å². The van der Waals surface area contributed by atoms with E-state index >= 15 is 0 Å². The first-order valence-corrected chi connectivity index (χ1v) is 10.9. The number of amides is 3. The molecule has 1 unspecified atom stereocenters. The molecule has 0 fully saturated rings. The van der Waals surface area contributed by atoms with Gasteiger partial charge in [-0.2, -0.15) is 0 Å². The number of benzene rings is 3. The predicted octanol–water partition coefficient (Wildman–Crippen LogP) is 3.87. The number of nitrogens with zero attached hydrogens (tertiary/aromatic N) is 1. The van der Waals surface area contributed by atoms with Gasteiger partial charge in [0.25, 0.3) is 17.7 Å². The summed E-state index contributed by atoms with van der Waals surface area (Å²) >= 11 is 0. The SMILES string of the molecule is CC(=O)c1ccccc1NC(=O)C(C)OC(=O)c1ccc2c(c1)C(=O)N(Cc1ccccc1)C2=O. The minimum absolute atomic E-state index is 0.0373. The molecule has 1 aliphatic rings. The second-order valence-corrected chi connectivity index (χ2v) is 8.08. The zero-order chi connectivity index (χ0) is 25.1. The van der Waals surface area contributed by atoms with Gasteiger partial charge >= 0.3 is 5.97 Å². The first kappa shape index (κ1) is 23.6. The monoisotopic (exact) mass is 470 g/mol. The quantitative estimate of drug-likeness (QED) is 0.319. The van der Waals surface area contributed by atoms with E-state index in [9.17, 15) is 24.0 Å². The Hall–Kier alpha value is -4.59. The topological polar surface area (TPSA) is 110 Å². The van der Waals surface area contributed by atoms with Gasteiger partial charge in [-0.1, -0.05) is 42.5 Å². The summed E-state index contributed by atoms with van der Waals surface area (Å²) in [5, 5.41) is 2.59. The molecule has 0 spiro atoms. The number of anilines is 1. The summed E-state index contributed by atoms with van der Waals surface area (Å²) in [5.74, 6) is -2.60. The molecule has 4 rings (SSSR count). The summed E-state index contributed by atoms with van der Waals surface area (Å²) in [6, 6.07) is 19.7. The van der Waals surface area contributed by atoms with Gasteiger partial charge in [0.1, 0.15) is 0 Å². The molecule has 35 heavy (non-hydrogen) atoms. The maximum absolute atomic E-state index is 12.9. The van der Waals surface area contributed by atoms with Crippen LogP contribution < -0.4 is 5.32 Å². The summed E-state index contributed by atoms with van der Waals surface area (Å²) in [6.07, 6.45) is -1.18. The third-order valence-corrected chi connectivity index (χ3v) is 5.61. The van der Waals surface area contributed by atoms with Crippen molar-refractivity contribution in [3.05, 3.63) is 101 Å². The molecule has 3 aromatic carbocycles. The molecular formula is C27H22N2O6. The molecule has 3 amide bonds. The largest absolute Gasteiger partial charge is 0.449 e. The molecule has 176 valence electrons. The lowest BCUT2D eigenvalue weighted by atomic mass is 10.1. The highest BCUT2D eigenvalue weighted by molar-refractivity contribution is 6.22. The fraction of sp³-hybridized carbons (Fsp3) is 0.148. The van der Waals surface area contributed by atoms with Crippen LogP contribution in [0.25, 0.3) is 0 Å². The second-order valence-electron chi connectivity index (χ2n) is 8.08. The number of carbonyl (C=O) groups excluding carboxylic acids is 5. The highest BCUT2D eigenvalue weighted by atomic mass is 16.5. The average Bonchev–Trinajstić information content (AvgIpc) is 3.09. The number of nitrogens with one attached hydrogen (secondary N) is 1. The fourth-order valence-electron chi connectivity index (χ4n) is 3.74. The number of Topliss-reactive ketones (excluding diaryl/α,β-unsaturated/α-hetero) is 1. The molecule has 0 aliphatic carbocycles. The molecule has 1 aliphatic heterocycles. The molecule has 1 N–H and O–H groups in total. The second kappa shape index (κ2) is 9.72. The maximum atomic E-state index is 12.9. The van der Waals surface area contributed by atoms with Crippen LogP contribution in [-0.2, 0) is 16.1 Å². The number of hydrogen-bond acceptors (Lipinski definition) is 6. The van der Waals surface area contributed by atoms with E-state index in [-0.39, 0.29) is 29.0 Å². The van der Waals surface area contributed by atoms with Crippen molar-refractivity contribution in [2.24, 2.45) is 0 Å². The first-order chi connectivity index (χ1) is 16.8. The Bertz CT molecular complexity index is 1350. The summed E-state index contributed by atoms with van der Waals surface area (Å²) in [4.78, 5) is 63.7. The number of carbonyl (C=O) groups is 5. The lowest BCUT2D eigenvalue weighted by Crippen LogP contribution is -2.30. The molecule has 0 saturated heterocycles. The Morgan fingerprint density at radius 2 is 1.54 bits per heavy atom. The number of rotatable bonds is 7. The third kappa shape index (κ3) is 4.86. The standard InChI is InChI=1S/C27H22N2O6/c1-16(30)20-10-6-7-11-23(20)28-24(31)17(2)35-27(34)19-12-13-21-22(14-19)26(33)29(25(21)32)15-18-8-4-3-5-9-18/h3-14,17H,15H2,1-2H3,(H,28,31). The maximum Gasteiger partial charge on any atom is 0.338 e. The van der Waals surface area contributed by atoms with Gasteiger partial charge in [-0.3, -0.25) is 24.1 Å². The Morgan fingerprint density at radius 1 is 0.886 bits per heavy atom. The van der Waals surface area contributed by atoms with Crippen LogP contribution in [0.15, 0.2) is 72.8 Å². The zero-order valence-corrected chi connectivity index (χ0v) is 19.1. The van der Waals surface area contributed by atoms with Crippen LogP contribution in [0.5, 0.6) is 0 Å². The van der Waals surface area contributed by atoms with Crippen molar-refractivity contribution in [1.29, 1.82) is 0 Å². The van der Waals surface area contributed by atoms with E-state index in [0.29, 0.717) is 11.3 Å². The molecule has 0 aromatic heterocycles. The summed E-state index contributed by atoms with van der Waals surface area (Å²) in [5.41, 5.74) is 1.79. The molecule has 3 aromatic rings. The van der Waals surface area contributed by atoms with E-state index in [2.05, 4.69) is 5.32 Å². The van der Waals surface area contributed by atoms with Crippen molar-refractivity contribution in [2.75, 3.05) is 5.32 Å². The third-order valence-electron chi connectivity index (χ3n) is 5.61. The van der Waals surface area contributed by atoms with E-state index in [0.717, 1.165) is 10.5 Å². The van der Waals surface area contributed by atoms with Crippen LogP contribution in [0.1, 0.15) is 60.8 Å². The highest BCUT2D eigenvalue weighted by Crippen LogP contribution is 2.26. The summed E-state index contributed by atoms with van der Waals surface area (Å²) in [7, 11) is 0. The van der Waals surface area contributed by atoms with Gasteiger partial charge in [0, 0.05) is 5.56 Å². The molecule has 0 bridgehead atoms. The Morgan fingerprint density at radius 3 is 2.26 bits per heavy atom. The van der Waals surface area contributed by atoms with Gasteiger partial charge in [-0.25, -0.2) is 4.79 Å². The van der Waals surface area contributed by atoms with Gasteiger partial charge in [0.05, 0.1) is 28.9 Å². The van der Waals surface area contributed by atoms with Crippen LogP contribution in [0, 0.1) is 0 Å². The number of ether oxygens (including phenoxy) is 1. The van der Waals surface area contributed by atoms with Crippen molar-refractivity contribution >= 4 is 35.2 Å². The first-order valence-electron chi connectivity index (χ1n) is 10.9. The zero-order valence-electron chi connectivity index (χ0n) is 19.1. The number of para-hydroxylation sites is 1. The summed E-state index contributed by atoms with van der Waals surface area (Å²) < 4.78 is 5.27. The van der Waals surface area contributed by atoms with E-state index < -0.39 is 29.8 Å². The lowest BCUT2D eigenvalue weighted by molar-refractivity contribution is -0.123. The van der Waals surface area contributed by atoms with Gasteiger partial charge in [-0.05, 0) is 49.7 Å². The van der Waals surface area contributed by atoms with Crippen LogP contribution in [0.3, 0.4) is 0 Å². The van der Waals surface area contributed by atoms with Crippen LogP contribution in [-0.4, -0.2) is 40.5 Å². The number of esters is 1. The Kier molecular flexibility index (Phi) is 6.55. The van der Waals surface area contributed by atoms with Gasteiger partial charge < -0.3 is 10.1 Å². The smallest absolute Gasteiger partial charge is 0.338 e. The van der Waals surface area contributed by atoms with Crippen LogP contribution in [0.4, 0.5) is 5.69 Å². The van der Waals surface area contributed by atoms with Crippen LogP contribution >= 0.6 is 0 Å². The van der Waals surface area contributed by atoms with Crippen molar-refractivity contribution < 1.29 is 28.7 Å². The number of fused-ring (bicyclic) bond motifs is 1. The Labute approximate surface area is 201 Å². The van der Waals surface area contributed by atoms with Crippen molar-refractivity contribution in [1.82, 2.24) is 4.90 Å². The van der Waals surface area contributed by atoms with Gasteiger partial charge in [0.2, 0.25) is 0 Å². The van der Waals surface area contributed by atoms with Crippen molar-refractivity contribution in [3.8, 4) is 0 Å². The Balaban J connectivity index is 1.45. The molecule has 0 saturated carbocycles. The average molecular weight is 470 g/mol. The number of hydrogen-bond donors (Lipinski definition) is 1. The van der Waals surface area contributed by atoms with E-state index in [1.165, 1.54) is 32.0 Å². The predicted molar refractivity (Wildman–Crippen MR) is 127 cm³/mol. The lowest BCUT2D eigenvalue weighted by Gasteiger charge is -2.15. The van der Waals surface area contributed by atoms with Crippen molar-refractivity contribution in [2.45, 2.75) is 26.5 Å². The van der Waals surface area contributed by atoms with Crippen molar-refractivity contribution in [3.63, 3.8) is 0 Å². The highest BCUT2D eigenvalue weighted by Gasteiger charge is 2.36. The summed E-state index contributed by atoms with van der Waals surface area (Å²) in [6.45, 7) is 2.90. The molecular weight excluding hydrogens is 448 g/mol. The minimum atomic E-state index is -1.18. The van der Waals surface area contributed by atoms with Crippen LogP contribution in [0.2, 0.25) is 0 Å². The normalized spacial score (nSPS) is 13.3. The minimum Gasteiger partial charge on any atom is -0.449 e. The molecule has 8 heteroatoms. The van der Waals surface area contributed by atoms with Gasteiger partial charge in [0.15, 0.2) is 11.9 Å². The van der Waals surface area contributed by atoms with E-state index in [4.69, 9.17) is 4.74 Å². The molecule has 1 atom stereocenters. The van der Waals surface area contributed by atoms with E-state index in [1.807, 2.05) is 30.3 Å². The molecule has 8 nitrogen and oxygen atoms in total. The molecule has 1 heterocycles. The number of imide groups is 1. The fourth-order valence-corrected chi connectivity index (χ4v) is 3.74.